The highest BCUT2D eigenvalue weighted by Gasteiger charge is 2.43. The molecule has 4 N–H and O–H groups in total. The molecule has 39 heavy (non-hydrogen) atoms. The largest absolute Gasteiger partial charge is 0.465 e. The summed E-state index contributed by atoms with van der Waals surface area (Å²) < 4.78 is 15.6. The molecule has 212 valence electrons. The second-order valence-electron chi connectivity index (χ2n) is 11.1. The van der Waals surface area contributed by atoms with E-state index in [4.69, 9.17) is 5.11 Å². The second kappa shape index (κ2) is 13.4. The van der Waals surface area contributed by atoms with E-state index in [1.165, 1.54) is 6.07 Å². The second-order valence-corrected chi connectivity index (χ2v) is 11.1. The van der Waals surface area contributed by atoms with Crippen molar-refractivity contribution in [2.24, 2.45) is 11.8 Å². The number of halogens is 1. The fourth-order valence-corrected chi connectivity index (χ4v) is 6.30. The highest BCUT2D eigenvalue weighted by atomic mass is 19.1. The fraction of sp³-hybridized carbons (Fsp3) is 0.548. The first-order valence-corrected chi connectivity index (χ1v) is 14.4. The molecule has 0 saturated carbocycles. The minimum Gasteiger partial charge on any atom is -0.465 e. The molecule has 2 aromatic rings. The maximum atomic E-state index is 15.6. The predicted molar refractivity (Wildman–Crippen MR) is 150 cm³/mol. The molecule has 2 heterocycles. The molecule has 2 fully saturated rings. The van der Waals surface area contributed by atoms with E-state index in [2.05, 4.69) is 10.6 Å². The molecule has 4 rings (SSSR count). The molecule has 1 unspecified atom stereocenters. The first-order chi connectivity index (χ1) is 18.8. The summed E-state index contributed by atoms with van der Waals surface area (Å²) in [5.74, 6) is -0.275. The summed E-state index contributed by atoms with van der Waals surface area (Å²) in [7, 11) is 0. The highest BCUT2D eigenvalue weighted by molar-refractivity contribution is 5.76. The molecule has 3 atom stereocenters. The Hall–Kier alpha value is -2.97. The Balaban J connectivity index is 1.65. The van der Waals surface area contributed by atoms with Gasteiger partial charge in [0, 0.05) is 37.5 Å². The summed E-state index contributed by atoms with van der Waals surface area (Å²) in [6.07, 6.45) is 4.38. The number of hydrogen-bond donors (Lipinski definition) is 4. The lowest BCUT2D eigenvalue weighted by Crippen LogP contribution is -2.49. The molecule has 0 spiro atoms. The van der Waals surface area contributed by atoms with Crippen LogP contribution in [0.4, 0.5) is 9.18 Å². The molecule has 2 aliphatic heterocycles. The van der Waals surface area contributed by atoms with Crippen molar-refractivity contribution in [2.45, 2.75) is 63.9 Å². The van der Waals surface area contributed by atoms with Crippen LogP contribution in [0.1, 0.15) is 63.0 Å². The van der Waals surface area contributed by atoms with Crippen molar-refractivity contribution in [1.29, 1.82) is 0 Å². The zero-order valence-electron chi connectivity index (χ0n) is 22.9. The Kier molecular flexibility index (Phi) is 9.97. The molecule has 0 bridgehead atoms. The first kappa shape index (κ1) is 29.0. The number of benzene rings is 2. The third-order valence-corrected chi connectivity index (χ3v) is 8.43. The minimum atomic E-state index is -1.44. The number of aryl methyl sites for hydroxylation is 1. The molecule has 0 radical (unpaired) electrons. The molecule has 2 amide bonds. The number of carboxylic acid groups (broad SMARTS) is 1. The lowest BCUT2D eigenvalue weighted by molar-refractivity contribution is -0.137. The van der Waals surface area contributed by atoms with Crippen molar-refractivity contribution in [1.82, 2.24) is 15.5 Å². The number of amides is 2. The number of carbonyl (C=O) groups is 2. The van der Waals surface area contributed by atoms with Gasteiger partial charge >= 0.3 is 6.09 Å². The number of aliphatic hydroxyl groups is 1. The number of rotatable bonds is 10. The number of carbonyl (C=O) groups excluding carboxylic acids is 1. The van der Waals surface area contributed by atoms with Crippen molar-refractivity contribution in [3.8, 4) is 11.1 Å². The van der Waals surface area contributed by atoms with Gasteiger partial charge in [-0.15, -0.1) is 0 Å². The van der Waals surface area contributed by atoms with Crippen LogP contribution in [0.5, 0.6) is 0 Å². The van der Waals surface area contributed by atoms with Crippen LogP contribution in [0.2, 0.25) is 0 Å². The smallest absolute Gasteiger partial charge is 0.404 e. The lowest BCUT2D eigenvalue weighted by atomic mass is 9.72. The van der Waals surface area contributed by atoms with Crippen LogP contribution < -0.4 is 10.6 Å². The van der Waals surface area contributed by atoms with E-state index in [1.54, 1.807) is 12.1 Å². The van der Waals surface area contributed by atoms with Crippen molar-refractivity contribution >= 4 is 12.0 Å². The van der Waals surface area contributed by atoms with E-state index in [0.717, 1.165) is 44.3 Å². The van der Waals surface area contributed by atoms with Gasteiger partial charge < -0.3 is 25.7 Å². The molecular formula is C31H42FN3O4. The molecule has 8 heteroatoms. The van der Waals surface area contributed by atoms with Gasteiger partial charge in [0.1, 0.15) is 5.82 Å². The van der Waals surface area contributed by atoms with Gasteiger partial charge in [-0.2, -0.15) is 0 Å². The third-order valence-electron chi connectivity index (χ3n) is 8.43. The molecule has 2 aliphatic rings. The average molecular weight is 540 g/mol. The van der Waals surface area contributed by atoms with Gasteiger partial charge in [0.25, 0.3) is 0 Å². The van der Waals surface area contributed by atoms with Crippen LogP contribution in [0, 0.1) is 17.7 Å². The highest BCUT2D eigenvalue weighted by Crippen LogP contribution is 2.44. The Morgan fingerprint density at radius 2 is 2.00 bits per heavy atom. The van der Waals surface area contributed by atoms with Crippen LogP contribution in [-0.2, 0) is 16.8 Å². The average Bonchev–Trinajstić information content (AvgIpc) is 2.95. The number of hydrogen-bond acceptors (Lipinski definition) is 4. The zero-order valence-corrected chi connectivity index (χ0v) is 22.9. The molecule has 2 aromatic carbocycles. The maximum absolute atomic E-state index is 15.6. The van der Waals surface area contributed by atoms with E-state index < -0.39 is 17.5 Å². The van der Waals surface area contributed by atoms with E-state index in [1.807, 2.05) is 36.1 Å². The number of nitrogens with one attached hydrogen (secondary N) is 2. The standard InChI is InChI=1S/C31H42FN3O4/c1-2-22-8-3-10-24(18-22)29-26(12-4-13-27(29)32)31(39,14-7-16-34-30(37)38)25-11-6-17-35(21-25)28(36)19-23-9-5-15-33-20-23/h3-4,8,10,12-13,18,23,25,33-34,39H,2,5-7,9,11,14-17,19-21H2,1H3,(H,37,38)/t23?,25-,31+/m1/s1. The normalized spacial score (nSPS) is 21.3. The SMILES string of the molecule is CCc1cccc(-c2c(F)cccc2[C@](O)(CCCNC(=O)O)[C@@H]2CCCN(C(=O)CC3CCCNC3)C2)c1. The van der Waals surface area contributed by atoms with Crippen LogP contribution in [-0.4, -0.2) is 59.8 Å². The van der Waals surface area contributed by atoms with Crippen molar-refractivity contribution in [3.63, 3.8) is 0 Å². The van der Waals surface area contributed by atoms with Crippen LogP contribution in [0.25, 0.3) is 11.1 Å². The fourth-order valence-electron chi connectivity index (χ4n) is 6.30. The Labute approximate surface area is 230 Å². The molecule has 2 saturated heterocycles. The molecule has 0 aliphatic carbocycles. The van der Waals surface area contributed by atoms with Crippen LogP contribution >= 0.6 is 0 Å². The Bertz CT molecular complexity index is 1140. The molecule has 7 nitrogen and oxygen atoms in total. The predicted octanol–water partition coefficient (Wildman–Crippen LogP) is 4.92. The van der Waals surface area contributed by atoms with E-state index in [0.29, 0.717) is 55.0 Å². The van der Waals surface area contributed by atoms with Crippen molar-refractivity contribution in [2.75, 3.05) is 32.7 Å². The molecule has 0 aromatic heterocycles. The van der Waals surface area contributed by atoms with E-state index >= 15 is 4.39 Å². The summed E-state index contributed by atoms with van der Waals surface area (Å²) in [5.41, 5.74) is 1.21. The van der Waals surface area contributed by atoms with Crippen LogP contribution in [0.3, 0.4) is 0 Å². The first-order valence-electron chi connectivity index (χ1n) is 14.4. The van der Waals surface area contributed by atoms with Gasteiger partial charge in [-0.3, -0.25) is 4.79 Å². The zero-order chi connectivity index (χ0) is 27.8. The summed E-state index contributed by atoms with van der Waals surface area (Å²) in [4.78, 5) is 26.2. The molecular weight excluding hydrogens is 497 g/mol. The monoisotopic (exact) mass is 539 g/mol. The van der Waals surface area contributed by atoms with E-state index in [9.17, 15) is 14.7 Å². The van der Waals surface area contributed by atoms with Crippen molar-refractivity contribution < 1.29 is 24.2 Å². The number of likely N-dealkylation sites (tertiary alicyclic amines) is 1. The summed E-state index contributed by atoms with van der Waals surface area (Å²) in [6.45, 7) is 5.12. The number of piperidine rings is 2. The topological polar surface area (TPSA) is 102 Å². The third kappa shape index (κ3) is 7.17. The minimum absolute atomic E-state index is 0.110. The summed E-state index contributed by atoms with van der Waals surface area (Å²) in [6, 6.07) is 12.6. The van der Waals surface area contributed by atoms with Gasteiger partial charge in [-0.25, -0.2) is 9.18 Å². The summed E-state index contributed by atoms with van der Waals surface area (Å²) >= 11 is 0. The maximum Gasteiger partial charge on any atom is 0.404 e. The lowest BCUT2D eigenvalue weighted by Gasteiger charge is -2.44. The number of nitrogens with zero attached hydrogens (tertiary/aromatic N) is 1. The van der Waals surface area contributed by atoms with Crippen molar-refractivity contribution in [3.05, 3.63) is 59.4 Å². The summed E-state index contributed by atoms with van der Waals surface area (Å²) in [5, 5.41) is 27.3. The van der Waals surface area contributed by atoms with Gasteiger partial charge in [0.15, 0.2) is 0 Å². The van der Waals surface area contributed by atoms with Crippen LogP contribution in [0.15, 0.2) is 42.5 Å². The van der Waals surface area contributed by atoms with Gasteiger partial charge in [-0.05, 0) is 86.7 Å². The Morgan fingerprint density at radius 1 is 1.18 bits per heavy atom. The quantitative estimate of drug-likeness (QED) is 0.321. The Morgan fingerprint density at radius 3 is 2.74 bits per heavy atom. The van der Waals surface area contributed by atoms with Gasteiger partial charge in [-0.1, -0.05) is 43.3 Å². The van der Waals surface area contributed by atoms with E-state index in [-0.39, 0.29) is 24.8 Å². The van der Waals surface area contributed by atoms with Gasteiger partial charge in [0.2, 0.25) is 5.91 Å². The van der Waals surface area contributed by atoms with Gasteiger partial charge in [0.05, 0.1) is 5.60 Å².